The molecule has 0 bridgehead atoms. The molecule has 0 amide bonds. The van der Waals surface area contributed by atoms with E-state index in [1.165, 1.54) is 12.8 Å². The first-order valence-electron chi connectivity index (χ1n) is 5.72. The van der Waals surface area contributed by atoms with Gasteiger partial charge in [0.25, 0.3) is 0 Å². The molecule has 4 nitrogen and oxygen atoms in total. The Kier molecular flexibility index (Phi) is 3.52. The molecule has 1 aromatic heterocycles. The van der Waals surface area contributed by atoms with Crippen LogP contribution >= 0.6 is 11.6 Å². The third kappa shape index (κ3) is 3.33. The number of anilines is 1. The first-order chi connectivity index (χ1) is 8.06. The average Bonchev–Trinajstić information content (AvgIpc) is 3.04. The third-order valence-corrected chi connectivity index (χ3v) is 3.13. The molecule has 1 heterocycles. The SMILES string of the molecule is CC(CC1CC1)Nc1ccc(Cl)c(C(=O)O)n1. The van der Waals surface area contributed by atoms with Gasteiger partial charge >= 0.3 is 5.97 Å². The van der Waals surface area contributed by atoms with Crippen LogP contribution in [-0.2, 0) is 0 Å². The number of pyridine rings is 1. The van der Waals surface area contributed by atoms with Gasteiger partial charge in [0.15, 0.2) is 5.69 Å². The van der Waals surface area contributed by atoms with Crippen molar-refractivity contribution in [1.82, 2.24) is 4.98 Å². The van der Waals surface area contributed by atoms with Crippen LogP contribution < -0.4 is 5.32 Å². The molecule has 0 aliphatic heterocycles. The van der Waals surface area contributed by atoms with Gasteiger partial charge in [-0.05, 0) is 31.4 Å². The van der Waals surface area contributed by atoms with Gasteiger partial charge in [0.1, 0.15) is 5.82 Å². The van der Waals surface area contributed by atoms with Gasteiger partial charge in [0, 0.05) is 6.04 Å². The Balaban J connectivity index is 2.04. The quantitative estimate of drug-likeness (QED) is 0.848. The van der Waals surface area contributed by atoms with Gasteiger partial charge in [-0.1, -0.05) is 24.4 Å². The van der Waals surface area contributed by atoms with Crippen molar-refractivity contribution < 1.29 is 9.90 Å². The predicted octanol–water partition coefficient (Wildman–Crippen LogP) is 3.03. The summed E-state index contributed by atoms with van der Waals surface area (Å²) < 4.78 is 0. The van der Waals surface area contributed by atoms with Crippen molar-refractivity contribution >= 4 is 23.4 Å². The largest absolute Gasteiger partial charge is 0.476 e. The lowest BCUT2D eigenvalue weighted by Crippen LogP contribution is -2.17. The fraction of sp³-hybridized carbons (Fsp3) is 0.500. The predicted molar refractivity (Wildman–Crippen MR) is 66.6 cm³/mol. The summed E-state index contributed by atoms with van der Waals surface area (Å²) in [6.45, 7) is 2.08. The van der Waals surface area contributed by atoms with Crippen LogP contribution in [0.4, 0.5) is 5.82 Å². The van der Waals surface area contributed by atoms with E-state index in [4.69, 9.17) is 16.7 Å². The number of halogens is 1. The molecule has 1 aliphatic rings. The molecule has 0 radical (unpaired) electrons. The smallest absolute Gasteiger partial charge is 0.356 e. The van der Waals surface area contributed by atoms with Crippen LogP contribution in [0, 0.1) is 5.92 Å². The zero-order chi connectivity index (χ0) is 12.4. The Bertz CT molecular complexity index is 433. The normalized spacial score (nSPS) is 16.6. The minimum atomic E-state index is -1.10. The van der Waals surface area contributed by atoms with Gasteiger partial charge in [-0.3, -0.25) is 0 Å². The molecule has 2 rings (SSSR count). The molecular weight excluding hydrogens is 240 g/mol. The number of nitrogens with zero attached hydrogens (tertiary/aromatic N) is 1. The molecule has 5 heteroatoms. The van der Waals surface area contributed by atoms with E-state index < -0.39 is 5.97 Å². The molecule has 17 heavy (non-hydrogen) atoms. The van der Waals surface area contributed by atoms with E-state index in [0.29, 0.717) is 11.9 Å². The van der Waals surface area contributed by atoms with Crippen molar-refractivity contribution in [1.29, 1.82) is 0 Å². The summed E-state index contributed by atoms with van der Waals surface area (Å²) in [5.41, 5.74) is -0.102. The van der Waals surface area contributed by atoms with Gasteiger partial charge in [0.2, 0.25) is 0 Å². The maximum absolute atomic E-state index is 10.9. The molecule has 2 N–H and O–H groups in total. The second-order valence-corrected chi connectivity index (χ2v) is 4.96. The number of rotatable bonds is 5. The molecule has 1 fully saturated rings. The highest BCUT2D eigenvalue weighted by Crippen LogP contribution is 2.34. The number of carboxylic acids is 1. The van der Waals surface area contributed by atoms with Crippen LogP contribution in [-0.4, -0.2) is 22.1 Å². The van der Waals surface area contributed by atoms with Gasteiger partial charge < -0.3 is 10.4 Å². The van der Waals surface area contributed by atoms with E-state index in [-0.39, 0.29) is 10.7 Å². The lowest BCUT2D eigenvalue weighted by atomic mass is 10.1. The topological polar surface area (TPSA) is 62.2 Å². The lowest BCUT2D eigenvalue weighted by Gasteiger charge is -2.14. The second-order valence-electron chi connectivity index (χ2n) is 4.56. The maximum Gasteiger partial charge on any atom is 0.356 e. The third-order valence-electron chi connectivity index (χ3n) is 2.83. The first-order valence-corrected chi connectivity index (χ1v) is 6.10. The van der Waals surface area contributed by atoms with Gasteiger partial charge in [0.05, 0.1) is 5.02 Å². The van der Waals surface area contributed by atoms with Crippen LogP contribution in [0.15, 0.2) is 12.1 Å². The molecule has 1 saturated carbocycles. The fourth-order valence-electron chi connectivity index (χ4n) is 1.84. The zero-order valence-corrected chi connectivity index (χ0v) is 10.4. The number of carboxylic acid groups (broad SMARTS) is 1. The van der Waals surface area contributed by atoms with Crippen LogP contribution in [0.5, 0.6) is 0 Å². The Morgan fingerprint density at radius 2 is 2.35 bits per heavy atom. The van der Waals surface area contributed by atoms with E-state index >= 15 is 0 Å². The second kappa shape index (κ2) is 4.92. The number of carbonyl (C=O) groups is 1. The van der Waals surface area contributed by atoms with E-state index in [0.717, 1.165) is 12.3 Å². The van der Waals surface area contributed by atoms with Crippen LogP contribution in [0.2, 0.25) is 5.02 Å². The summed E-state index contributed by atoms with van der Waals surface area (Å²) in [5, 5.41) is 12.3. The maximum atomic E-state index is 10.9. The summed E-state index contributed by atoms with van der Waals surface area (Å²) in [7, 11) is 0. The molecule has 0 aromatic carbocycles. The molecule has 92 valence electrons. The van der Waals surface area contributed by atoms with Gasteiger partial charge in [-0.15, -0.1) is 0 Å². The van der Waals surface area contributed by atoms with Crippen LogP contribution in [0.3, 0.4) is 0 Å². The van der Waals surface area contributed by atoms with Gasteiger partial charge in [-0.25, -0.2) is 9.78 Å². The average molecular weight is 255 g/mol. The summed E-state index contributed by atoms with van der Waals surface area (Å²) in [6.07, 6.45) is 3.72. The minimum Gasteiger partial charge on any atom is -0.476 e. The van der Waals surface area contributed by atoms with Crippen LogP contribution in [0.25, 0.3) is 0 Å². The molecule has 0 saturated heterocycles. The summed E-state index contributed by atoms with van der Waals surface area (Å²) in [5.74, 6) is 0.289. The zero-order valence-electron chi connectivity index (χ0n) is 9.61. The summed E-state index contributed by atoms with van der Waals surface area (Å²) >= 11 is 5.75. The lowest BCUT2D eigenvalue weighted by molar-refractivity contribution is 0.0691. The minimum absolute atomic E-state index is 0.102. The van der Waals surface area contributed by atoms with E-state index in [9.17, 15) is 4.79 Å². The number of nitrogens with one attached hydrogen (secondary N) is 1. The van der Waals surface area contributed by atoms with Crippen molar-refractivity contribution in [3.63, 3.8) is 0 Å². The molecule has 1 aliphatic carbocycles. The number of hydrogen-bond acceptors (Lipinski definition) is 3. The van der Waals surface area contributed by atoms with Crippen molar-refractivity contribution in [2.45, 2.75) is 32.2 Å². The summed E-state index contributed by atoms with van der Waals surface area (Å²) in [6, 6.07) is 3.57. The number of aromatic nitrogens is 1. The van der Waals surface area contributed by atoms with Crippen molar-refractivity contribution in [3.05, 3.63) is 22.8 Å². The molecular formula is C12H15ClN2O2. The first kappa shape index (κ1) is 12.2. The van der Waals surface area contributed by atoms with Crippen molar-refractivity contribution in [2.75, 3.05) is 5.32 Å². The molecule has 1 aromatic rings. The van der Waals surface area contributed by atoms with Gasteiger partial charge in [-0.2, -0.15) is 0 Å². The highest BCUT2D eigenvalue weighted by atomic mass is 35.5. The highest BCUT2D eigenvalue weighted by molar-refractivity contribution is 6.33. The van der Waals surface area contributed by atoms with E-state index in [2.05, 4.69) is 17.2 Å². The Morgan fingerprint density at radius 3 is 2.94 bits per heavy atom. The highest BCUT2D eigenvalue weighted by Gasteiger charge is 2.23. The van der Waals surface area contributed by atoms with E-state index in [1.54, 1.807) is 12.1 Å². The Morgan fingerprint density at radius 1 is 1.65 bits per heavy atom. The number of hydrogen-bond donors (Lipinski definition) is 2. The molecule has 1 unspecified atom stereocenters. The molecule has 1 atom stereocenters. The van der Waals surface area contributed by atoms with Crippen molar-refractivity contribution in [2.24, 2.45) is 5.92 Å². The Labute approximate surface area is 105 Å². The summed E-state index contributed by atoms with van der Waals surface area (Å²) in [4.78, 5) is 14.9. The number of aromatic carboxylic acids is 1. The van der Waals surface area contributed by atoms with E-state index in [1.807, 2.05) is 0 Å². The standard InChI is InChI=1S/C12H15ClN2O2/c1-7(6-8-2-3-8)14-10-5-4-9(13)11(15-10)12(16)17/h4-5,7-8H,2-3,6H2,1H3,(H,14,15)(H,16,17). The van der Waals surface area contributed by atoms with Crippen LogP contribution in [0.1, 0.15) is 36.7 Å². The van der Waals surface area contributed by atoms with Crippen molar-refractivity contribution in [3.8, 4) is 0 Å². The fourth-order valence-corrected chi connectivity index (χ4v) is 2.02. The molecule has 0 spiro atoms. The Hall–Kier alpha value is -1.29. The monoisotopic (exact) mass is 254 g/mol.